The number of hydrogen-bond donors (Lipinski definition) is 2. The minimum atomic E-state index is -1.10. The Morgan fingerprint density at radius 2 is 1.63 bits per heavy atom. The molecule has 0 atom stereocenters. The van der Waals surface area contributed by atoms with Gasteiger partial charge in [-0.15, -0.1) is 0 Å². The molecule has 2 heterocycles. The first-order valence-corrected chi connectivity index (χ1v) is 10.7. The van der Waals surface area contributed by atoms with Gasteiger partial charge in [-0.05, 0) is 18.2 Å². The maximum absolute atomic E-state index is 13.0. The topological polar surface area (TPSA) is 119 Å². The number of phenols is 1. The van der Waals surface area contributed by atoms with Gasteiger partial charge in [0.1, 0.15) is 28.2 Å². The second kappa shape index (κ2) is 8.57. The van der Waals surface area contributed by atoms with Gasteiger partial charge >= 0.3 is 5.97 Å². The quantitative estimate of drug-likeness (QED) is 0.345. The van der Waals surface area contributed by atoms with Gasteiger partial charge in [-0.25, -0.2) is 0 Å². The zero-order valence-corrected chi connectivity index (χ0v) is 18.8. The van der Waals surface area contributed by atoms with Crippen molar-refractivity contribution in [2.75, 3.05) is 14.2 Å². The Bertz CT molecular complexity index is 1640. The number of aliphatic carboxylic acids is 1. The van der Waals surface area contributed by atoms with Gasteiger partial charge in [-0.1, -0.05) is 30.3 Å². The number of ether oxygens (including phenoxy) is 2. The van der Waals surface area contributed by atoms with E-state index in [1.165, 1.54) is 26.4 Å². The number of carboxylic acid groups (broad SMARTS) is 1. The summed E-state index contributed by atoms with van der Waals surface area (Å²) in [5, 5.41) is 20.6. The van der Waals surface area contributed by atoms with Crippen LogP contribution >= 0.6 is 0 Å². The number of furan rings is 1. The highest BCUT2D eigenvalue weighted by Gasteiger charge is 2.25. The van der Waals surface area contributed by atoms with Gasteiger partial charge in [0.15, 0.2) is 22.5 Å². The molecule has 0 radical (unpaired) electrons. The molecule has 2 N–H and O–H groups in total. The van der Waals surface area contributed by atoms with E-state index in [0.717, 1.165) is 0 Å². The number of fused-ring (bicyclic) bond motifs is 3. The third-order valence-corrected chi connectivity index (χ3v) is 5.77. The minimum Gasteiger partial charge on any atom is -0.507 e. The van der Waals surface area contributed by atoms with Gasteiger partial charge in [-0.2, -0.15) is 0 Å². The minimum absolute atomic E-state index is 0.0523. The summed E-state index contributed by atoms with van der Waals surface area (Å²) in [6, 6.07) is 16.7. The van der Waals surface area contributed by atoms with E-state index in [-0.39, 0.29) is 33.8 Å². The van der Waals surface area contributed by atoms with E-state index in [0.29, 0.717) is 33.6 Å². The molecule has 176 valence electrons. The van der Waals surface area contributed by atoms with Gasteiger partial charge in [0.2, 0.25) is 0 Å². The number of hydrogen-bond acceptors (Lipinski definition) is 7. The molecule has 0 aliphatic carbocycles. The normalized spacial score (nSPS) is 11.1. The van der Waals surface area contributed by atoms with E-state index in [2.05, 4.69) is 0 Å². The lowest BCUT2D eigenvalue weighted by Crippen LogP contribution is -2.03. The number of carbonyl (C=O) groups is 1. The molecular weight excluding hydrogens is 452 g/mol. The van der Waals surface area contributed by atoms with Crippen LogP contribution in [0, 0.1) is 0 Å². The molecule has 0 saturated carbocycles. The Balaban J connectivity index is 1.87. The van der Waals surface area contributed by atoms with Crippen LogP contribution in [0.1, 0.15) is 5.56 Å². The zero-order valence-electron chi connectivity index (χ0n) is 18.8. The maximum Gasteiger partial charge on any atom is 0.307 e. The van der Waals surface area contributed by atoms with E-state index in [1.54, 1.807) is 42.5 Å². The van der Waals surface area contributed by atoms with Crippen molar-refractivity contribution >= 4 is 27.9 Å². The van der Waals surface area contributed by atoms with Crippen molar-refractivity contribution in [3.05, 3.63) is 76.5 Å². The molecule has 5 rings (SSSR count). The largest absolute Gasteiger partial charge is 0.507 e. The molecule has 0 aliphatic heterocycles. The smallest absolute Gasteiger partial charge is 0.307 e. The summed E-state index contributed by atoms with van der Waals surface area (Å²) < 4.78 is 22.8. The first-order chi connectivity index (χ1) is 16.9. The van der Waals surface area contributed by atoms with Crippen molar-refractivity contribution in [3.63, 3.8) is 0 Å². The average molecular weight is 472 g/mol. The Labute approximate surface area is 198 Å². The summed E-state index contributed by atoms with van der Waals surface area (Å²) in [5.41, 5.74) is 1.27. The SMILES string of the molecule is COc1ccc(-c2oc3cc(O)c4c(=O)cc(-c5ccccc5)oc4c3c2CC(=O)O)cc1OC. The molecule has 8 nitrogen and oxygen atoms in total. The van der Waals surface area contributed by atoms with Gasteiger partial charge in [0.05, 0.1) is 26.0 Å². The monoisotopic (exact) mass is 472 g/mol. The molecule has 0 fully saturated rings. The Kier molecular flexibility index (Phi) is 5.41. The fraction of sp³-hybridized carbons (Fsp3) is 0.111. The van der Waals surface area contributed by atoms with Crippen LogP contribution in [0.2, 0.25) is 0 Å². The number of phenolic OH excluding ortho intramolecular Hbond substituents is 1. The summed E-state index contributed by atoms with van der Waals surface area (Å²) in [4.78, 5) is 24.9. The molecule has 8 heteroatoms. The highest BCUT2D eigenvalue weighted by molar-refractivity contribution is 6.10. The van der Waals surface area contributed by atoms with Crippen molar-refractivity contribution in [1.82, 2.24) is 0 Å². The van der Waals surface area contributed by atoms with Crippen LogP contribution in [-0.2, 0) is 11.2 Å². The van der Waals surface area contributed by atoms with Crippen molar-refractivity contribution in [2.45, 2.75) is 6.42 Å². The van der Waals surface area contributed by atoms with Gasteiger partial charge in [0.25, 0.3) is 0 Å². The molecule has 5 aromatic rings. The van der Waals surface area contributed by atoms with Crippen LogP contribution in [0.3, 0.4) is 0 Å². The predicted octanol–water partition coefficient (Wildman–Crippen LogP) is 5.22. The molecule has 0 saturated heterocycles. The maximum atomic E-state index is 13.0. The number of benzene rings is 3. The second-order valence-corrected chi connectivity index (χ2v) is 7.86. The Hall–Kier alpha value is -4.72. The molecule has 35 heavy (non-hydrogen) atoms. The van der Waals surface area contributed by atoms with E-state index in [1.807, 2.05) is 6.07 Å². The highest BCUT2D eigenvalue weighted by Crippen LogP contribution is 2.43. The first kappa shape index (κ1) is 22.1. The van der Waals surface area contributed by atoms with Crippen LogP contribution in [0.25, 0.3) is 44.6 Å². The van der Waals surface area contributed by atoms with Crippen LogP contribution < -0.4 is 14.9 Å². The average Bonchev–Trinajstić information content (AvgIpc) is 3.21. The molecular formula is C27H20O8. The van der Waals surface area contributed by atoms with Gasteiger partial charge in [-0.3, -0.25) is 9.59 Å². The lowest BCUT2D eigenvalue weighted by molar-refractivity contribution is -0.136. The van der Waals surface area contributed by atoms with Crippen molar-refractivity contribution < 1.29 is 33.3 Å². The van der Waals surface area contributed by atoms with E-state index >= 15 is 0 Å². The third kappa shape index (κ3) is 3.74. The van der Waals surface area contributed by atoms with Gasteiger partial charge in [0, 0.05) is 28.8 Å². The number of carboxylic acids is 1. The highest BCUT2D eigenvalue weighted by atomic mass is 16.5. The molecule has 0 amide bonds. The summed E-state index contributed by atoms with van der Waals surface area (Å²) in [5.74, 6) is 0.0341. The molecule has 0 spiro atoms. The molecule has 3 aromatic carbocycles. The summed E-state index contributed by atoms with van der Waals surface area (Å²) >= 11 is 0. The van der Waals surface area contributed by atoms with Crippen LogP contribution in [0.5, 0.6) is 17.2 Å². The Morgan fingerprint density at radius 1 is 0.886 bits per heavy atom. The third-order valence-electron chi connectivity index (χ3n) is 5.77. The predicted molar refractivity (Wildman–Crippen MR) is 129 cm³/mol. The Morgan fingerprint density at radius 3 is 2.31 bits per heavy atom. The number of aromatic hydroxyl groups is 1. The molecule has 0 unspecified atom stereocenters. The van der Waals surface area contributed by atoms with E-state index < -0.39 is 17.8 Å². The van der Waals surface area contributed by atoms with Crippen LogP contribution in [0.15, 0.2) is 74.3 Å². The fourth-order valence-electron chi connectivity index (χ4n) is 4.22. The van der Waals surface area contributed by atoms with Crippen LogP contribution in [-0.4, -0.2) is 30.4 Å². The van der Waals surface area contributed by atoms with Crippen molar-refractivity contribution in [3.8, 4) is 39.9 Å². The summed E-state index contributed by atoms with van der Waals surface area (Å²) in [7, 11) is 3.00. The van der Waals surface area contributed by atoms with Crippen LogP contribution in [0.4, 0.5) is 0 Å². The molecule has 0 aliphatic rings. The molecule has 0 bridgehead atoms. The van der Waals surface area contributed by atoms with E-state index in [9.17, 15) is 19.8 Å². The summed E-state index contributed by atoms with van der Waals surface area (Å²) in [6.45, 7) is 0. The lowest BCUT2D eigenvalue weighted by atomic mass is 10.0. The zero-order chi connectivity index (χ0) is 24.7. The van der Waals surface area contributed by atoms with Crippen molar-refractivity contribution in [1.29, 1.82) is 0 Å². The number of methoxy groups -OCH3 is 2. The van der Waals surface area contributed by atoms with Gasteiger partial charge < -0.3 is 28.5 Å². The second-order valence-electron chi connectivity index (χ2n) is 7.86. The lowest BCUT2D eigenvalue weighted by Gasteiger charge is -2.09. The number of rotatable bonds is 6. The fourth-order valence-corrected chi connectivity index (χ4v) is 4.22. The first-order valence-electron chi connectivity index (χ1n) is 10.7. The molecule has 2 aromatic heterocycles. The van der Waals surface area contributed by atoms with Crippen molar-refractivity contribution in [2.24, 2.45) is 0 Å². The van der Waals surface area contributed by atoms with E-state index in [4.69, 9.17) is 18.3 Å². The standard InChI is InChI=1S/C27H20O8/c1-32-19-9-8-15(10-21(19)33-2)26-16(11-23(30)31)24-22(35-26)13-18(29)25-17(28)12-20(34-27(24)25)14-6-4-3-5-7-14/h3-10,12-13,29H,11H2,1-2H3,(H,30,31). The summed E-state index contributed by atoms with van der Waals surface area (Å²) in [6.07, 6.45) is -0.407.